The monoisotopic (exact) mass is 347 g/mol. The molecule has 2 aromatic rings. The van der Waals surface area contributed by atoms with E-state index in [0.29, 0.717) is 12.2 Å². The van der Waals surface area contributed by atoms with Crippen LogP contribution in [0.2, 0.25) is 0 Å². The summed E-state index contributed by atoms with van der Waals surface area (Å²) in [6, 6.07) is 5.78. The first-order chi connectivity index (χ1) is 11.9. The van der Waals surface area contributed by atoms with Crippen LogP contribution in [0.1, 0.15) is 28.9 Å². The minimum atomic E-state index is -4.63. The molecular formula is C17H16F3N5. The number of nitrogens with two attached hydrogens (primary N) is 1. The van der Waals surface area contributed by atoms with E-state index in [2.05, 4.69) is 15.3 Å². The summed E-state index contributed by atoms with van der Waals surface area (Å²) in [6.07, 6.45) is -0.891. The molecule has 3 heterocycles. The lowest BCUT2D eigenvalue weighted by Gasteiger charge is -2.16. The summed E-state index contributed by atoms with van der Waals surface area (Å²) >= 11 is 0. The summed E-state index contributed by atoms with van der Waals surface area (Å²) in [6.45, 7) is 1.52. The highest BCUT2D eigenvalue weighted by Gasteiger charge is 2.36. The number of hydrogen-bond acceptors (Lipinski definition) is 5. The molecule has 0 radical (unpaired) electrons. The minimum Gasteiger partial charge on any atom is -0.383 e. The highest BCUT2D eigenvalue weighted by molar-refractivity contribution is 6.13. The number of nitrogen functional groups attached to an aromatic ring is 1. The van der Waals surface area contributed by atoms with E-state index in [1.54, 1.807) is 12.1 Å². The van der Waals surface area contributed by atoms with Gasteiger partial charge in [0, 0.05) is 12.7 Å². The molecule has 1 aliphatic rings. The van der Waals surface area contributed by atoms with Gasteiger partial charge in [-0.05, 0) is 36.7 Å². The number of nitrogens with one attached hydrogen (secondary N) is 2. The van der Waals surface area contributed by atoms with Gasteiger partial charge in [0.25, 0.3) is 0 Å². The van der Waals surface area contributed by atoms with Crippen LogP contribution in [-0.4, -0.2) is 28.8 Å². The average Bonchev–Trinajstić information content (AvgIpc) is 2.61. The fourth-order valence-corrected chi connectivity index (χ4v) is 2.71. The Bertz CT molecular complexity index is 842. The quantitative estimate of drug-likeness (QED) is 0.745. The third kappa shape index (κ3) is 3.53. The summed E-state index contributed by atoms with van der Waals surface area (Å²) in [7, 11) is 0. The number of halogens is 3. The van der Waals surface area contributed by atoms with Crippen molar-refractivity contribution in [3.8, 4) is 0 Å². The van der Waals surface area contributed by atoms with Gasteiger partial charge in [0.05, 0.1) is 28.2 Å². The molecule has 130 valence electrons. The van der Waals surface area contributed by atoms with Crippen molar-refractivity contribution in [3.63, 3.8) is 0 Å². The van der Waals surface area contributed by atoms with Crippen LogP contribution in [0.15, 0.2) is 36.5 Å². The molecule has 8 heteroatoms. The molecule has 3 rings (SSSR count). The molecule has 0 saturated carbocycles. The van der Waals surface area contributed by atoms with Gasteiger partial charge >= 0.3 is 6.18 Å². The summed E-state index contributed by atoms with van der Waals surface area (Å²) in [5.41, 5.74) is 5.59. The van der Waals surface area contributed by atoms with Crippen LogP contribution < -0.4 is 11.1 Å². The smallest absolute Gasteiger partial charge is 0.383 e. The molecule has 25 heavy (non-hydrogen) atoms. The van der Waals surface area contributed by atoms with Crippen LogP contribution in [0, 0.1) is 5.41 Å². The standard InChI is InChI=1S/C17H16F3N5/c18-17(19,20)11-6-9-24-16(22)14(11)15(21)13-3-1-2-12(25-13)10-4-7-23-8-5-10/h1-4,6,9,21,23H,5,7-8H2,(H2,22,24). The van der Waals surface area contributed by atoms with Crippen LogP contribution in [0.5, 0.6) is 0 Å². The molecule has 2 aromatic heterocycles. The molecule has 0 unspecified atom stereocenters. The van der Waals surface area contributed by atoms with Crippen molar-refractivity contribution in [2.24, 2.45) is 0 Å². The molecule has 0 aliphatic carbocycles. The molecule has 0 saturated heterocycles. The van der Waals surface area contributed by atoms with Gasteiger partial charge in [-0.25, -0.2) is 9.97 Å². The second kappa shape index (κ2) is 6.64. The summed E-state index contributed by atoms with van der Waals surface area (Å²) in [5, 5.41) is 11.4. The van der Waals surface area contributed by atoms with E-state index in [4.69, 9.17) is 11.1 Å². The number of pyridine rings is 2. The van der Waals surface area contributed by atoms with Crippen molar-refractivity contribution in [1.29, 1.82) is 5.41 Å². The predicted octanol–water partition coefficient (Wildman–Crippen LogP) is 2.87. The van der Waals surface area contributed by atoms with E-state index in [1.807, 2.05) is 6.08 Å². The second-order valence-electron chi connectivity index (χ2n) is 5.58. The SMILES string of the molecule is N=C(c1cccc(C2=CCNCC2)n1)c1c(C(F)(F)F)ccnc1N. The molecule has 4 N–H and O–H groups in total. The number of hydrogen-bond donors (Lipinski definition) is 3. The van der Waals surface area contributed by atoms with Crippen LogP contribution in [0.4, 0.5) is 19.0 Å². The van der Waals surface area contributed by atoms with Gasteiger partial charge in [-0.2, -0.15) is 13.2 Å². The van der Waals surface area contributed by atoms with Gasteiger partial charge in [-0.3, -0.25) is 5.41 Å². The fourth-order valence-electron chi connectivity index (χ4n) is 2.71. The summed E-state index contributed by atoms with van der Waals surface area (Å²) in [5.74, 6) is -0.340. The first kappa shape index (κ1) is 17.1. The van der Waals surface area contributed by atoms with Crippen molar-refractivity contribution in [2.45, 2.75) is 12.6 Å². The Morgan fingerprint density at radius 2 is 2.04 bits per heavy atom. The van der Waals surface area contributed by atoms with E-state index in [1.165, 1.54) is 6.07 Å². The molecule has 0 fully saturated rings. The fraction of sp³-hybridized carbons (Fsp3) is 0.235. The molecule has 0 spiro atoms. The van der Waals surface area contributed by atoms with Gasteiger partial charge in [-0.1, -0.05) is 12.1 Å². The predicted molar refractivity (Wildman–Crippen MR) is 89.3 cm³/mol. The lowest BCUT2D eigenvalue weighted by Crippen LogP contribution is -2.21. The summed E-state index contributed by atoms with van der Waals surface area (Å²) < 4.78 is 39.8. The Balaban J connectivity index is 2.04. The van der Waals surface area contributed by atoms with Crippen molar-refractivity contribution in [3.05, 3.63) is 59.1 Å². The van der Waals surface area contributed by atoms with E-state index in [-0.39, 0.29) is 11.5 Å². The van der Waals surface area contributed by atoms with Crippen LogP contribution in [0.25, 0.3) is 5.57 Å². The topological polar surface area (TPSA) is 87.7 Å². The third-order valence-electron chi connectivity index (χ3n) is 3.93. The number of alkyl halides is 3. The maximum Gasteiger partial charge on any atom is 0.417 e. The lowest BCUT2D eigenvalue weighted by atomic mass is 10.00. The van der Waals surface area contributed by atoms with Gasteiger partial charge in [0.15, 0.2) is 0 Å². The molecule has 0 atom stereocenters. The highest BCUT2D eigenvalue weighted by atomic mass is 19.4. The Morgan fingerprint density at radius 1 is 1.24 bits per heavy atom. The number of nitrogens with zero attached hydrogens (tertiary/aromatic N) is 2. The second-order valence-corrected chi connectivity index (χ2v) is 5.58. The first-order valence-electron chi connectivity index (χ1n) is 7.66. The largest absolute Gasteiger partial charge is 0.417 e. The Hall–Kier alpha value is -2.74. The molecule has 1 aliphatic heterocycles. The maximum absolute atomic E-state index is 13.3. The van der Waals surface area contributed by atoms with Crippen molar-refractivity contribution < 1.29 is 13.2 Å². The number of anilines is 1. The Kier molecular flexibility index (Phi) is 4.54. The van der Waals surface area contributed by atoms with E-state index in [0.717, 1.165) is 30.8 Å². The van der Waals surface area contributed by atoms with Gasteiger partial charge in [-0.15, -0.1) is 0 Å². The highest BCUT2D eigenvalue weighted by Crippen LogP contribution is 2.34. The minimum absolute atomic E-state index is 0.127. The maximum atomic E-state index is 13.3. The van der Waals surface area contributed by atoms with E-state index >= 15 is 0 Å². The summed E-state index contributed by atoms with van der Waals surface area (Å²) in [4.78, 5) is 8.07. The number of rotatable bonds is 3. The Labute approximate surface area is 142 Å². The lowest BCUT2D eigenvalue weighted by molar-refractivity contribution is -0.137. The molecular weight excluding hydrogens is 331 g/mol. The van der Waals surface area contributed by atoms with Crippen LogP contribution >= 0.6 is 0 Å². The zero-order valence-corrected chi connectivity index (χ0v) is 13.2. The molecule has 0 bridgehead atoms. The Morgan fingerprint density at radius 3 is 2.72 bits per heavy atom. The zero-order chi connectivity index (χ0) is 18.0. The molecule has 0 aromatic carbocycles. The molecule has 5 nitrogen and oxygen atoms in total. The van der Waals surface area contributed by atoms with Crippen molar-refractivity contribution in [1.82, 2.24) is 15.3 Å². The first-order valence-corrected chi connectivity index (χ1v) is 7.66. The van der Waals surface area contributed by atoms with Gasteiger partial charge < -0.3 is 11.1 Å². The van der Waals surface area contributed by atoms with Crippen LogP contribution in [0.3, 0.4) is 0 Å². The third-order valence-corrected chi connectivity index (χ3v) is 3.93. The van der Waals surface area contributed by atoms with Crippen molar-refractivity contribution >= 4 is 17.1 Å². The van der Waals surface area contributed by atoms with Crippen LogP contribution in [-0.2, 0) is 6.18 Å². The van der Waals surface area contributed by atoms with Crippen molar-refractivity contribution in [2.75, 3.05) is 18.8 Å². The number of aromatic nitrogens is 2. The van der Waals surface area contributed by atoms with Gasteiger partial charge in [0.1, 0.15) is 5.82 Å². The van der Waals surface area contributed by atoms with Gasteiger partial charge in [0.2, 0.25) is 0 Å². The molecule has 0 amide bonds. The zero-order valence-electron chi connectivity index (χ0n) is 13.2. The average molecular weight is 347 g/mol. The van der Waals surface area contributed by atoms with E-state index in [9.17, 15) is 13.2 Å². The normalized spacial score (nSPS) is 14.9. The van der Waals surface area contributed by atoms with E-state index < -0.39 is 23.0 Å².